The smallest absolute Gasteiger partial charge is 0.275 e. The SMILES string of the molecule is CC(C)c1ccc(NC(=O)c2csc(C(O)C(C)C)n2)cc1. The maximum absolute atomic E-state index is 12.2. The Balaban J connectivity index is 2.06. The summed E-state index contributed by atoms with van der Waals surface area (Å²) in [6.07, 6.45) is -0.628. The van der Waals surface area contributed by atoms with Gasteiger partial charge in [-0.25, -0.2) is 4.98 Å². The molecule has 2 aromatic rings. The van der Waals surface area contributed by atoms with Crippen LogP contribution >= 0.6 is 11.3 Å². The van der Waals surface area contributed by atoms with Crippen LogP contribution in [0.1, 0.15) is 60.8 Å². The number of nitrogens with one attached hydrogen (secondary N) is 1. The van der Waals surface area contributed by atoms with Gasteiger partial charge in [0.05, 0.1) is 0 Å². The van der Waals surface area contributed by atoms with Gasteiger partial charge < -0.3 is 10.4 Å². The first-order chi connectivity index (χ1) is 10.4. The van der Waals surface area contributed by atoms with Gasteiger partial charge in [-0.1, -0.05) is 39.8 Å². The second-order valence-electron chi connectivity index (χ2n) is 5.99. The topological polar surface area (TPSA) is 62.2 Å². The number of aliphatic hydroxyl groups excluding tert-OH is 1. The Labute approximate surface area is 135 Å². The molecule has 4 nitrogen and oxygen atoms in total. The third-order valence-corrected chi connectivity index (χ3v) is 4.39. The minimum Gasteiger partial charge on any atom is -0.386 e. The number of rotatable bonds is 5. The van der Waals surface area contributed by atoms with Crippen LogP contribution < -0.4 is 5.32 Å². The molecule has 0 spiro atoms. The first kappa shape index (κ1) is 16.6. The van der Waals surface area contributed by atoms with Crippen molar-refractivity contribution in [3.63, 3.8) is 0 Å². The zero-order chi connectivity index (χ0) is 16.3. The normalized spacial score (nSPS) is 12.7. The van der Waals surface area contributed by atoms with E-state index in [9.17, 15) is 9.90 Å². The number of thiazole rings is 1. The van der Waals surface area contributed by atoms with Crippen LogP contribution in [0, 0.1) is 5.92 Å². The van der Waals surface area contributed by atoms with E-state index >= 15 is 0 Å². The molecular weight excluding hydrogens is 296 g/mol. The van der Waals surface area contributed by atoms with Gasteiger partial charge in [0.2, 0.25) is 0 Å². The molecule has 0 radical (unpaired) electrons. The number of carbonyl (C=O) groups excluding carboxylic acids is 1. The zero-order valence-electron chi connectivity index (χ0n) is 13.3. The Morgan fingerprint density at radius 1 is 1.18 bits per heavy atom. The number of hydrogen-bond acceptors (Lipinski definition) is 4. The second-order valence-corrected chi connectivity index (χ2v) is 6.88. The Morgan fingerprint density at radius 2 is 1.82 bits per heavy atom. The van der Waals surface area contributed by atoms with Gasteiger partial charge in [0.25, 0.3) is 5.91 Å². The van der Waals surface area contributed by atoms with Crippen LogP contribution in [0.25, 0.3) is 0 Å². The standard InChI is InChI=1S/C17H22N2O2S/c1-10(2)12-5-7-13(8-6-12)18-16(21)14-9-22-17(19-14)15(20)11(3)4/h5-11,15,20H,1-4H3,(H,18,21). The average molecular weight is 318 g/mol. The summed E-state index contributed by atoms with van der Waals surface area (Å²) in [4.78, 5) is 16.4. The lowest BCUT2D eigenvalue weighted by Gasteiger charge is -2.10. The first-order valence-corrected chi connectivity index (χ1v) is 8.31. The largest absolute Gasteiger partial charge is 0.386 e. The molecule has 0 aliphatic heterocycles. The van der Waals surface area contributed by atoms with Crippen molar-refractivity contribution in [3.8, 4) is 0 Å². The number of aliphatic hydroxyl groups is 1. The fourth-order valence-corrected chi connectivity index (χ4v) is 2.91. The van der Waals surface area contributed by atoms with Crippen LogP contribution in [0.4, 0.5) is 5.69 Å². The van der Waals surface area contributed by atoms with Crippen LogP contribution in [-0.2, 0) is 0 Å². The number of benzene rings is 1. The van der Waals surface area contributed by atoms with Crippen molar-refractivity contribution in [3.05, 3.63) is 45.9 Å². The van der Waals surface area contributed by atoms with Gasteiger partial charge >= 0.3 is 0 Å². The summed E-state index contributed by atoms with van der Waals surface area (Å²) >= 11 is 1.31. The maximum Gasteiger partial charge on any atom is 0.275 e. The zero-order valence-corrected chi connectivity index (χ0v) is 14.1. The van der Waals surface area contributed by atoms with Crippen LogP contribution in [-0.4, -0.2) is 16.0 Å². The fourth-order valence-electron chi connectivity index (χ4n) is 1.96. The molecule has 118 valence electrons. The predicted octanol–water partition coefficient (Wildman–Crippen LogP) is 4.21. The Kier molecular flexibility index (Phi) is 5.32. The van der Waals surface area contributed by atoms with E-state index < -0.39 is 6.10 Å². The Bertz CT molecular complexity index is 632. The number of aromatic nitrogens is 1. The van der Waals surface area contributed by atoms with Crippen molar-refractivity contribution in [1.29, 1.82) is 0 Å². The summed E-state index contributed by atoms with van der Waals surface area (Å²) < 4.78 is 0. The molecule has 1 amide bonds. The predicted molar refractivity (Wildman–Crippen MR) is 90.4 cm³/mol. The lowest BCUT2D eigenvalue weighted by molar-refractivity contribution is 0.102. The van der Waals surface area contributed by atoms with Gasteiger partial charge in [0.15, 0.2) is 0 Å². The molecule has 0 bridgehead atoms. The molecule has 0 saturated heterocycles. The maximum atomic E-state index is 12.2. The molecule has 1 aromatic carbocycles. The molecule has 5 heteroatoms. The highest BCUT2D eigenvalue weighted by Gasteiger charge is 2.18. The van der Waals surface area contributed by atoms with Gasteiger partial charge in [-0.3, -0.25) is 4.79 Å². The minimum absolute atomic E-state index is 0.0747. The summed E-state index contributed by atoms with van der Waals surface area (Å²) in [5, 5.41) is 15.1. The van der Waals surface area contributed by atoms with E-state index in [0.29, 0.717) is 16.6 Å². The molecule has 0 aliphatic rings. The van der Waals surface area contributed by atoms with Crippen LogP contribution in [0.15, 0.2) is 29.6 Å². The number of amides is 1. The highest BCUT2D eigenvalue weighted by Crippen LogP contribution is 2.25. The van der Waals surface area contributed by atoms with Gasteiger partial charge in [-0.05, 0) is 29.5 Å². The molecule has 2 N–H and O–H groups in total. The van der Waals surface area contributed by atoms with Gasteiger partial charge in [0.1, 0.15) is 16.8 Å². The van der Waals surface area contributed by atoms with Gasteiger partial charge in [-0.2, -0.15) is 0 Å². The van der Waals surface area contributed by atoms with Crippen LogP contribution in [0.5, 0.6) is 0 Å². The molecule has 0 saturated carbocycles. The van der Waals surface area contributed by atoms with Crippen LogP contribution in [0.2, 0.25) is 0 Å². The molecule has 1 unspecified atom stereocenters. The van der Waals surface area contributed by atoms with Crippen molar-refractivity contribution in [2.24, 2.45) is 5.92 Å². The lowest BCUT2D eigenvalue weighted by Crippen LogP contribution is -2.13. The third-order valence-electron chi connectivity index (χ3n) is 3.47. The summed E-state index contributed by atoms with van der Waals surface area (Å²) in [7, 11) is 0. The van der Waals surface area contributed by atoms with E-state index in [2.05, 4.69) is 24.1 Å². The molecular formula is C17H22N2O2S. The first-order valence-electron chi connectivity index (χ1n) is 7.43. The molecule has 1 atom stereocenters. The monoisotopic (exact) mass is 318 g/mol. The van der Waals surface area contributed by atoms with E-state index in [1.807, 2.05) is 38.1 Å². The van der Waals surface area contributed by atoms with Gasteiger partial charge in [-0.15, -0.1) is 11.3 Å². The van der Waals surface area contributed by atoms with Crippen LogP contribution in [0.3, 0.4) is 0 Å². The Hall–Kier alpha value is -1.72. The molecule has 22 heavy (non-hydrogen) atoms. The highest BCUT2D eigenvalue weighted by molar-refractivity contribution is 7.09. The second kappa shape index (κ2) is 7.03. The van der Waals surface area contributed by atoms with Crippen molar-refractivity contribution in [2.75, 3.05) is 5.32 Å². The molecule has 1 aromatic heterocycles. The summed E-state index contributed by atoms with van der Waals surface area (Å²) in [5.74, 6) is 0.282. The summed E-state index contributed by atoms with van der Waals surface area (Å²) in [6.45, 7) is 8.10. The van der Waals surface area contributed by atoms with E-state index in [1.54, 1.807) is 5.38 Å². The Morgan fingerprint density at radius 3 is 2.36 bits per heavy atom. The quantitative estimate of drug-likeness (QED) is 0.868. The van der Waals surface area contributed by atoms with E-state index in [1.165, 1.54) is 16.9 Å². The van der Waals surface area contributed by atoms with E-state index in [4.69, 9.17) is 0 Å². The van der Waals surface area contributed by atoms with Gasteiger partial charge in [0, 0.05) is 11.1 Å². The fraction of sp³-hybridized carbons (Fsp3) is 0.412. The molecule has 2 rings (SSSR count). The summed E-state index contributed by atoms with van der Waals surface area (Å²) in [6, 6.07) is 7.80. The van der Waals surface area contributed by atoms with Crippen molar-refractivity contribution in [1.82, 2.24) is 4.98 Å². The lowest BCUT2D eigenvalue weighted by atomic mass is 10.0. The molecule has 1 heterocycles. The van der Waals surface area contributed by atoms with Crippen molar-refractivity contribution < 1.29 is 9.90 Å². The van der Waals surface area contributed by atoms with E-state index in [0.717, 1.165) is 5.69 Å². The average Bonchev–Trinajstić information content (AvgIpc) is 2.96. The number of anilines is 1. The molecule has 0 fully saturated rings. The number of carbonyl (C=O) groups is 1. The molecule has 0 aliphatic carbocycles. The van der Waals surface area contributed by atoms with Crippen molar-refractivity contribution in [2.45, 2.75) is 39.7 Å². The highest BCUT2D eigenvalue weighted by atomic mass is 32.1. The number of nitrogens with zero attached hydrogens (tertiary/aromatic N) is 1. The van der Waals surface area contributed by atoms with Crippen molar-refractivity contribution >= 4 is 22.9 Å². The van der Waals surface area contributed by atoms with E-state index in [-0.39, 0.29) is 11.8 Å². The minimum atomic E-state index is -0.628. The number of hydrogen-bond donors (Lipinski definition) is 2. The summed E-state index contributed by atoms with van der Waals surface area (Å²) in [5.41, 5.74) is 2.31. The third kappa shape index (κ3) is 3.93.